The van der Waals surface area contributed by atoms with Crippen LogP contribution in [0.25, 0.3) is 0 Å². The summed E-state index contributed by atoms with van der Waals surface area (Å²) in [5.74, 6) is 0. The first-order valence-electron chi connectivity index (χ1n) is 3.33. The van der Waals surface area contributed by atoms with Crippen molar-refractivity contribution in [2.45, 2.75) is 6.54 Å². The Hall–Kier alpha value is -0.350. The van der Waals surface area contributed by atoms with Crippen molar-refractivity contribution in [3.8, 4) is 0 Å². The summed E-state index contributed by atoms with van der Waals surface area (Å²) in [5.41, 5.74) is 0. The number of aryl methyl sites for hydroxylation is 1. The molecule has 11 heavy (non-hydrogen) atoms. The molecule has 0 aliphatic carbocycles. The predicted molar refractivity (Wildman–Crippen MR) is 37.5 cm³/mol. The molecule has 0 saturated carbocycles. The van der Waals surface area contributed by atoms with Gasteiger partial charge < -0.3 is 21.7 Å². The summed E-state index contributed by atoms with van der Waals surface area (Å²) in [7, 11) is 3.72. The fraction of sp³-hybridized carbons (Fsp3) is 0.571. The highest BCUT2D eigenvalue weighted by atomic mass is 79.9. The molecular weight excluding hydrogens is 208 g/mol. The van der Waals surface area contributed by atoms with E-state index in [2.05, 4.69) is 4.57 Å². The van der Waals surface area contributed by atoms with Crippen LogP contribution in [0, 0.1) is 0 Å². The Balaban J connectivity index is 0.000001000. The summed E-state index contributed by atoms with van der Waals surface area (Å²) in [4.78, 5) is 0. The number of hydrogen-bond donors (Lipinski definition) is 0. The largest absolute Gasteiger partial charge is 1.00 e. The van der Waals surface area contributed by atoms with Gasteiger partial charge in [-0.25, -0.2) is 9.13 Å². The number of ether oxygens (including phenoxy) is 1. The molecule has 0 unspecified atom stereocenters. The number of halogens is 1. The van der Waals surface area contributed by atoms with Crippen molar-refractivity contribution in [2.75, 3.05) is 13.7 Å². The second-order valence-electron chi connectivity index (χ2n) is 2.31. The number of methoxy groups -OCH3 is 1. The molecule has 0 fully saturated rings. The van der Waals surface area contributed by atoms with Crippen molar-refractivity contribution < 1.29 is 26.3 Å². The van der Waals surface area contributed by atoms with Gasteiger partial charge in [-0.1, -0.05) is 0 Å². The van der Waals surface area contributed by atoms with Crippen LogP contribution in [-0.2, 0) is 18.3 Å². The molecule has 0 amide bonds. The Morgan fingerprint density at radius 3 is 2.73 bits per heavy atom. The summed E-state index contributed by atoms with van der Waals surface area (Å²) in [6.07, 6.45) is 6.06. The van der Waals surface area contributed by atoms with Crippen LogP contribution >= 0.6 is 0 Å². The Kier molecular flexibility index (Phi) is 5.15. The Labute approximate surface area is 77.4 Å². The van der Waals surface area contributed by atoms with Crippen molar-refractivity contribution in [2.24, 2.45) is 7.05 Å². The minimum absolute atomic E-state index is 0. The molecule has 0 N–H and O–H groups in total. The van der Waals surface area contributed by atoms with Crippen molar-refractivity contribution in [1.82, 2.24) is 4.57 Å². The third-order valence-corrected chi connectivity index (χ3v) is 1.38. The SMILES string of the molecule is COCCn1cc[n+](C)c1.[Br-]. The molecule has 0 bridgehead atoms. The summed E-state index contributed by atoms with van der Waals surface area (Å²) >= 11 is 0. The van der Waals surface area contributed by atoms with E-state index >= 15 is 0 Å². The molecule has 1 rings (SSSR count). The third-order valence-electron chi connectivity index (χ3n) is 1.38. The van der Waals surface area contributed by atoms with Crippen molar-refractivity contribution in [3.05, 3.63) is 18.7 Å². The molecule has 0 spiro atoms. The molecule has 0 aliphatic rings. The van der Waals surface area contributed by atoms with E-state index in [-0.39, 0.29) is 17.0 Å². The minimum atomic E-state index is 0. The zero-order chi connectivity index (χ0) is 7.40. The van der Waals surface area contributed by atoms with Gasteiger partial charge in [0.1, 0.15) is 18.9 Å². The standard InChI is InChI=1S/C7H13N2O.BrH/c1-8-3-4-9(7-8)5-6-10-2;/h3-4,7H,5-6H2,1-2H3;1H/q+1;/p-1. The summed E-state index contributed by atoms with van der Waals surface area (Å²) in [6, 6.07) is 0. The summed E-state index contributed by atoms with van der Waals surface area (Å²) in [5, 5.41) is 0. The van der Waals surface area contributed by atoms with Crippen LogP contribution < -0.4 is 21.5 Å². The topological polar surface area (TPSA) is 18.0 Å². The monoisotopic (exact) mass is 220 g/mol. The van der Waals surface area contributed by atoms with Crippen LogP contribution in [0.15, 0.2) is 18.7 Å². The van der Waals surface area contributed by atoms with Crippen LogP contribution in [0.2, 0.25) is 0 Å². The summed E-state index contributed by atoms with van der Waals surface area (Å²) < 4.78 is 9.02. The van der Waals surface area contributed by atoms with E-state index in [9.17, 15) is 0 Å². The van der Waals surface area contributed by atoms with Crippen LogP contribution in [-0.4, -0.2) is 18.3 Å². The number of imidazole rings is 1. The zero-order valence-corrected chi connectivity index (χ0v) is 8.41. The van der Waals surface area contributed by atoms with Crippen LogP contribution in [0.4, 0.5) is 0 Å². The first kappa shape index (κ1) is 10.7. The molecule has 0 atom stereocenters. The molecule has 0 aromatic carbocycles. The van der Waals surface area contributed by atoms with Gasteiger partial charge in [-0.3, -0.25) is 0 Å². The maximum atomic E-state index is 4.92. The lowest BCUT2D eigenvalue weighted by Crippen LogP contribution is -3.00. The summed E-state index contributed by atoms with van der Waals surface area (Å²) in [6.45, 7) is 1.70. The van der Waals surface area contributed by atoms with Gasteiger partial charge >= 0.3 is 0 Å². The van der Waals surface area contributed by atoms with E-state index in [0.29, 0.717) is 0 Å². The Morgan fingerprint density at radius 1 is 1.55 bits per heavy atom. The van der Waals surface area contributed by atoms with Crippen LogP contribution in [0.1, 0.15) is 0 Å². The Bertz CT molecular complexity index is 200. The molecule has 0 saturated heterocycles. The number of hydrogen-bond acceptors (Lipinski definition) is 1. The number of rotatable bonds is 3. The fourth-order valence-electron chi connectivity index (χ4n) is 0.831. The lowest BCUT2D eigenvalue weighted by atomic mass is 10.7. The van der Waals surface area contributed by atoms with E-state index in [4.69, 9.17) is 4.74 Å². The van der Waals surface area contributed by atoms with Gasteiger partial charge in [0.2, 0.25) is 6.33 Å². The zero-order valence-electron chi connectivity index (χ0n) is 6.83. The van der Waals surface area contributed by atoms with Crippen LogP contribution in [0.5, 0.6) is 0 Å². The van der Waals surface area contributed by atoms with Gasteiger partial charge in [-0.05, 0) is 0 Å². The smallest absolute Gasteiger partial charge is 0.243 e. The first-order chi connectivity index (χ1) is 4.83. The predicted octanol–water partition coefficient (Wildman–Crippen LogP) is -3.04. The van der Waals surface area contributed by atoms with Gasteiger partial charge in [0, 0.05) is 7.11 Å². The van der Waals surface area contributed by atoms with Crippen molar-refractivity contribution >= 4 is 0 Å². The van der Waals surface area contributed by atoms with E-state index < -0.39 is 0 Å². The maximum Gasteiger partial charge on any atom is 0.243 e. The highest BCUT2D eigenvalue weighted by molar-refractivity contribution is 4.64. The highest BCUT2D eigenvalue weighted by Crippen LogP contribution is 1.82. The molecule has 4 heteroatoms. The second-order valence-corrected chi connectivity index (χ2v) is 2.31. The van der Waals surface area contributed by atoms with Gasteiger partial charge in [0.25, 0.3) is 0 Å². The highest BCUT2D eigenvalue weighted by Gasteiger charge is 1.96. The Morgan fingerprint density at radius 2 is 2.27 bits per heavy atom. The second kappa shape index (κ2) is 5.32. The van der Waals surface area contributed by atoms with Gasteiger partial charge in [0.05, 0.1) is 13.7 Å². The fourth-order valence-corrected chi connectivity index (χ4v) is 0.831. The molecule has 1 aromatic heterocycles. The van der Waals surface area contributed by atoms with Crippen molar-refractivity contribution in [3.63, 3.8) is 0 Å². The van der Waals surface area contributed by atoms with Crippen LogP contribution in [0.3, 0.4) is 0 Å². The molecule has 3 nitrogen and oxygen atoms in total. The molecule has 1 aromatic rings. The van der Waals surface area contributed by atoms with Crippen molar-refractivity contribution in [1.29, 1.82) is 0 Å². The van der Waals surface area contributed by atoms with E-state index in [1.54, 1.807) is 7.11 Å². The average Bonchev–Trinajstić information content (AvgIpc) is 2.31. The van der Waals surface area contributed by atoms with E-state index in [0.717, 1.165) is 13.2 Å². The quantitative estimate of drug-likeness (QED) is 0.496. The van der Waals surface area contributed by atoms with E-state index in [1.807, 2.05) is 30.3 Å². The van der Waals surface area contributed by atoms with Gasteiger partial charge in [-0.2, -0.15) is 0 Å². The third kappa shape index (κ3) is 3.53. The lowest BCUT2D eigenvalue weighted by Gasteiger charge is -1.92. The molecule has 0 radical (unpaired) electrons. The first-order valence-corrected chi connectivity index (χ1v) is 3.33. The lowest BCUT2D eigenvalue weighted by molar-refractivity contribution is -0.671. The molecule has 64 valence electrons. The molecule has 0 aliphatic heterocycles. The van der Waals surface area contributed by atoms with E-state index in [1.165, 1.54) is 0 Å². The number of aromatic nitrogens is 2. The van der Waals surface area contributed by atoms with Gasteiger partial charge in [-0.15, -0.1) is 0 Å². The normalized spacial score (nSPS) is 9.27. The number of nitrogens with zero attached hydrogens (tertiary/aromatic N) is 2. The average molecular weight is 221 g/mol. The van der Waals surface area contributed by atoms with Gasteiger partial charge in [0.15, 0.2) is 0 Å². The molecular formula is C7H13BrN2O. The molecule has 1 heterocycles. The minimum Gasteiger partial charge on any atom is -1.00 e. The maximum absolute atomic E-state index is 4.92.